The lowest BCUT2D eigenvalue weighted by atomic mass is 10.0. The van der Waals surface area contributed by atoms with Gasteiger partial charge in [0, 0.05) is 0 Å². The summed E-state index contributed by atoms with van der Waals surface area (Å²) in [5.74, 6) is 0. The lowest BCUT2D eigenvalue weighted by Gasteiger charge is -2.04. The van der Waals surface area contributed by atoms with E-state index in [1.54, 1.807) is 0 Å². The Labute approximate surface area is 66.9 Å². The van der Waals surface area contributed by atoms with E-state index in [2.05, 4.69) is 43.7 Å². The van der Waals surface area contributed by atoms with E-state index in [0.717, 1.165) is 6.42 Å². The average Bonchev–Trinajstić information content (AvgIpc) is 2.06. The summed E-state index contributed by atoms with van der Waals surface area (Å²) in [4.78, 5) is 0. The Bertz CT molecular complexity index is 371. The molecule has 1 aliphatic rings. The standard InChI is InChI=1S/C11H11/c1-9-5-4-7-10-6-2-3-8-11(9)10/h2-4,6-8H,5H2,1H3. The van der Waals surface area contributed by atoms with Crippen molar-refractivity contribution in [2.75, 3.05) is 0 Å². The summed E-state index contributed by atoms with van der Waals surface area (Å²) in [6, 6.07) is 8.53. The molecule has 0 saturated heterocycles. The maximum atomic E-state index is 2.22. The van der Waals surface area contributed by atoms with E-state index < -0.39 is 0 Å². The summed E-state index contributed by atoms with van der Waals surface area (Å²) >= 11 is 0. The summed E-state index contributed by atoms with van der Waals surface area (Å²) in [6.07, 6.45) is 5.52. The Morgan fingerprint density at radius 3 is 2.82 bits per heavy atom. The molecule has 0 spiro atoms. The average molecular weight is 143 g/mol. The molecule has 1 radical (unpaired) electrons. The maximum absolute atomic E-state index is 2.22. The van der Waals surface area contributed by atoms with Crippen LogP contribution in [0.3, 0.4) is 0 Å². The van der Waals surface area contributed by atoms with Crippen molar-refractivity contribution < 1.29 is 0 Å². The van der Waals surface area contributed by atoms with Gasteiger partial charge in [-0.1, -0.05) is 35.9 Å². The molecule has 0 amide bonds. The summed E-state index contributed by atoms with van der Waals surface area (Å²) in [7, 11) is 0. The largest absolute Gasteiger partial charge is 0.0726 e. The van der Waals surface area contributed by atoms with E-state index in [4.69, 9.17) is 0 Å². The van der Waals surface area contributed by atoms with E-state index in [1.807, 2.05) is 0 Å². The zero-order valence-electron chi connectivity index (χ0n) is 6.67. The minimum atomic E-state index is 1.11. The summed E-state index contributed by atoms with van der Waals surface area (Å²) in [6.45, 7) is 2.20. The van der Waals surface area contributed by atoms with Crippen molar-refractivity contribution in [3.8, 4) is 0 Å². The van der Waals surface area contributed by atoms with Gasteiger partial charge in [-0.3, -0.25) is 0 Å². The Morgan fingerprint density at radius 2 is 2.00 bits per heavy atom. The SMILES string of the molecule is CC1=c2ccccc2=C[CH]C1. The minimum Gasteiger partial charge on any atom is -0.0726 e. The first-order valence-electron chi connectivity index (χ1n) is 3.96. The topological polar surface area (TPSA) is 0 Å². The Morgan fingerprint density at radius 1 is 1.18 bits per heavy atom. The molecule has 0 unspecified atom stereocenters. The third-order valence-electron chi connectivity index (χ3n) is 2.14. The fourth-order valence-corrected chi connectivity index (χ4v) is 1.50. The van der Waals surface area contributed by atoms with E-state index >= 15 is 0 Å². The van der Waals surface area contributed by atoms with Crippen LogP contribution in [0.2, 0.25) is 0 Å². The quantitative estimate of drug-likeness (QED) is 0.512. The van der Waals surface area contributed by atoms with Crippen molar-refractivity contribution in [2.45, 2.75) is 13.3 Å². The second kappa shape index (κ2) is 2.54. The Hall–Kier alpha value is -1.04. The molecule has 0 heterocycles. The summed E-state index contributed by atoms with van der Waals surface area (Å²) < 4.78 is 0. The highest BCUT2D eigenvalue weighted by atomic mass is 14.0. The van der Waals surface area contributed by atoms with Crippen molar-refractivity contribution in [1.29, 1.82) is 0 Å². The molecule has 1 aromatic rings. The number of rotatable bonds is 0. The van der Waals surface area contributed by atoms with Crippen LogP contribution in [-0.4, -0.2) is 0 Å². The molecule has 0 aliphatic heterocycles. The Kier molecular flexibility index (Phi) is 1.54. The lowest BCUT2D eigenvalue weighted by molar-refractivity contribution is 1.24. The van der Waals surface area contributed by atoms with Crippen LogP contribution in [0.1, 0.15) is 13.3 Å². The third kappa shape index (κ3) is 1.09. The van der Waals surface area contributed by atoms with Gasteiger partial charge in [0.1, 0.15) is 0 Å². The molecule has 1 aliphatic carbocycles. The van der Waals surface area contributed by atoms with E-state index in [-0.39, 0.29) is 0 Å². The molecule has 0 saturated carbocycles. The Balaban J connectivity index is 2.89. The highest BCUT2D eigenvalue weighted by molar-refractivity contribution is 5.53. The van der Waals surface area contributed by atoms with Crippen LogP contribution in [0.25, 0.3) is 11.6 Å². The predicted molar refractivity (Wildman–Crippen MR) is 48.2 cm³/mol. The van der Waals surface area contributed by atoms with E-state index in [0.29, 0.717) is 0 Å². The fraction of sp³-hybridized carbons (Fsp3) is 0.182. The normalized spacial score (nSPS) is 15.5. The predicted octanol–water partition coefficient (Wildman–Crippen LogP) is 1.25. The zero-order chi connectivity index (χ0) is 7.68. The third-order valence-corrected chi connectivity index (χ3v) is 2.14. The van der Waals surface area contributed by atoms with Crippen LogP contribution < -0.4 is 10.4 Å². The second-order valence-corrected chi connectivity index (χ2v) is 2.97. The van der Waals surface area contributed by atoms with Gasteiger partial charge in [-0.25, -0.2) is 0 Å². The number of fused-ring (bicyclic) bond motifs is 1. The van der Waals surface area contributed by atoms with Gasteiger partial charge in [0.15, 0.2) is 0 Å². The number of hydrogen-bond donors (Lipinski definition) is 0. The molecule has 0 bridgehead atoms. The van der Waals surface area contributed by atoms with Crippen molar-refractivity contribution in [1.82, 2.24) is 0 Å². The lowest BCUT2D eigenvalue weighted by Crippen LogP contribution is -2.28. The first-order chi connectivity index (χ1) is 5.38. The molecular formula is C11H11. The van der Waals surface area contributed by atoms with Crippen molar-refractivity contribution in [2.24, 2.45) is 0 Å². The van der Waals surface area contributed by atoms with Gasteiger partial charge in [0.25, 0.3) is 0 Å². The van der Waals surface area contributed by atoms with Crippen molar-refractivity contribution in [3.63, 3.8) is 0 Å². The van der Waals surface area contributed by atoms with Crippen molar-refractivity contribution in [3.05, 3.63) is 41.1 Å². The molecule has 0 heteroatoms. The first kappa shape index (κ1) is 6.66. The van der Waals surface area contributed by atoms with Gasteiger partial charge >= 0.3 is 0 Å². The highest BCUT2D eigenvalue weighted by Gasteiger charge is 1.97. The molecule has 0 aromatic heterocycles. The number of benzene rings is 1. The van der Waals surface area contributed by atoms with E-state index in [9.17, 15) is 0 Å². The molecule has 2 rings (SSSR count). The minimum absolute atomic E-state index is 1.11. The molecular weight excluding hydrogens is 132 g/mol. The van der Waals surface area contributed by atoms with E-state index in [1.165, 1.54) is 16.0 Å². The van der Waals surface area contributed by atoms with Crippen LogP contribution in [0.4, 0.5) is 0 Å². The monoisotopic (exact) mass is 143 g/mol. The zero-order valence-corrected chi connectivity index (χ0v) is 6.67. The summed E-state index contributed by atoms with van der Waals surface area (Å²) in [5.41, 5.74) is 1.48. The van der Waals surface area contributed by atoms with Crippen LogP contribution in [0.5, 0.6) is 0 Å². The van der Waals surface area contributed by atoms with Crippen LogP contribution in [-0.2, 0) is 0 Å². The van der Waals surface area contributed by atoms with Gasteiger partial charge in [-0.2, -0.15) is 0 Å². The van der Waals surface area contributed by atoms with Crippen LogP contribution >= 0.6 is 0 Å². The molecule has 55 valence electrons. The van der Waals surface area contributed by atoms with Gasteiger partial charge in [-0.15, -0.1) is 0 Å². The smallest absolute Gasteiger partial charge is 0.0120 e. The first-order valence-corrected chi connectivity index (χ1v) is 3.96. The fourth-order valence-electron chi connectivity index (χ4n) is 1.50. The summed E-state index contributed by atoms with van der Waals surface area (Å²) in [5, 5.41) is 2.77. The van der Waals surface area contributed by atoms with Crippen LogP contribution in [0, 0.1) is 6.42 Å². The highest BCUT2D eigenvalue weighted by Crippen LogP contribution is 2.04. The van der Waals surface area contributed by atoms with Gasteiger partial charge < -0.3 is 0 Å². The van der Waals surface area contributed by atoms with Crippen molar-refractivity contribution >= 4 is 11.6 Å². The maximum Gasteiger partial charge on any atom is -0.0120 e. The second-order valence-electron chi connectivity index (χ2n) is 2.97. The molecule has 0 atom stereocenters. The van der Waals surface area contributed by atoms with Gasteiger partial charge in [-0.05, 0) is 30.2 Å². The molecule has 11 heavy (non-hydrogen) atoms. The molecule has 1 aromatic carbocycles. The molecule has 0 nitrogen and oxygen atoms in total. The van der Waals surface area contributed by atoms with Crippen LogP contribution in [0.15, 0.2) is 24.3 Å². The van der Waals surface area contributed by atoms with Gasteiger partial charge in [0.2, 0.25) is 0 Å². The van der Waals surface area contributed by atoms with Gasteiger partial charge in [0.05, 0.1) is 0 Å². The molecule has 0 N–H and O–H groups in total. The number of hydrogen-bond acceptors (Lipinski definition) is 0. The molecule has 0 fully saturated rings.